The van der Waals surface area contributed by atoms with Crippen LogP contribution >= 0.6 is 0 Å². The maximum Gasteiger partial charge on any atom is 0.279 e. The van der Waals surface area contributed by atoms with Gasteiger partial charge in [-0.25, -0.2) is 4.98 Å². The van der Waals surface area contributed by atoms with E-state index in [-0.39, 0.29) is 5.03 Å². The lowest BCUT2D eigenvalue weighted by Crippen LogP contribution is -2.14. The van der Waals surface area contributed by atoms with Crippen molar-refractivity contribution in [1.82, 2.24) is 9.97 Å². The first-order valence-electron chi connectivity index (χ1n) is 6.17. The number of nitrogens with one attached hydrogen (secondary N) is 2. The van der Waals surface area contributed by atoms with Crippen molar-refractivity contribution < 1.29 is 13.2 Å². The van der Waals surface area contributed by atoms with Crippen molar-refractivity contribution >= 4 is 15.7 Å². The average Bonchev–Trinajstić information content (AvgIpc) is 2.90. The van der Waals surface area contributed by atoms with E-state index < -0.39 is 10.0 Å². The lowest BCUT2D eigenvalue weighted by Gasteiger charge is -2.11. The number of hydrogen-bond acceptors (Lipinski definition) is 4. The summed E-state index contributed by atoms with van der Waals surface area (Å²) in [5.74, 6) is 1.10. The molecule has 1 aromatic heterocycles. The quantitative estimate of drug-likeness (QED) is 0.884. The summed E-state index contributed by atoms with van der Waals surface area (Å²) in [5, 5.41) is 0.0389. The molecule has 0 atom stereocenters. The minimum absolute atomic E-state index is 0.0389. The molecule has 0 fully saturated rings. The Bertz CT molecular complexity index is 707. The number of anilines is 1. The Labute approximate surface area is 118 Å². The van der Waals surface area contributed by atoms with Gasteiger partial charge in [-0.1, -0.05) is 13.0 Å². The van der Waals surface area contributed by atoms with Crippen LogP contribution in [0.25, 0.3) is 0 Å². The molecule has 0 saturated carbocycles. The molecule has 108 valence electrons. The van der Waals surface area contributed by atoms with E-state index in [1.165, 1.54) is 13.3 Å². The molecular formula is C13H17N3O3S. The van der Waals surface area contributed by atoms with E-state index >= 15 is 0 Å². The second-order valence-electron chi connectivity index (χ2n) is 4.36. The van der Waals surface area contributed by atoms with Crippen LogP contribution in [-0.2, 0) is 16.4 Å². The smallest absolute Gasteiger partial charge is 0.279 e. The van der Waals surface area contributed by atoms with Crippen LogP contribution in [0.15, 0.2) is 29.4 Å². The monoisotopic (exact) mass is 295 g/mol. The number of nitrogens with zero attached hydrogens (tertiary/aromatic N) is 1. The van der Waals surface area contributed by atoms with Gasteiger partial charge in [0.15, 0.2) is 5.03 Å². The molecule has 0 spiro atoms. The lowest BCUT2D eigenvalue weighted by molar-refractivity contribution is 0.416. The zero-order chi connectivity index (χ0) is 14.8. The third-order valence-corrected chi connectivity index (χ3v) is 4.11. The summed E-state index contributed by atoms with van der Waals surface area (Å²) >= 11 is 0. The largest absolute Gasteiger partial charge is 0.495 e. The third-order valence-electron chi connectivity index (χ3n) is 2.83. The molecule has 1 aromatic carbocycles. The van der Waals surface area contributed by atoms with Gasteiger partial charge in [0.05, 0.1) is 19.0 Å². The van der Waals surface area contributed by atoms with E-state index in [0.29, 0.717) is 23.7 Å². The normalized spacial score (nSPS) is 11.3. The fourth-order valence-corrected chi connectivity index (χ4v) is 2.75. The maximum absolute atomic E-state index is 12.2. The van der Waals surface area contributed by atoms with Crippen molar-refractivity contribution in [2.75, 3.05) is 11.8 Å². The van der Waals surface area contributed by atoms with Crippen LogP contribution in [0.2, 0.25) is 0 Å². The zero-order valence-corrected chi connectivity index (χ0v) is 12.4. The SMILES string of the molecule is CCc1ncc(S(=O)(=O)Nc2ccc(C)cc2OC)[nH]1. The molecule has 2 N–H and O–H groups in total. The topological polar surface area (TPSA) is 84.1 Å². The predicted molar refractivity (Wildman–Crippen MR) is 76.5 cm³/mol. The van der Waals surface area contributed by atoms with Gasteiger partial charge < -0.3 is 9.72 Å². The number of aryl methyl sites for hydroxylation is 2. The first-order valence-corrected chi connectivity index (χ1v) is 7.66. The van der Waals surface area contributed by atoms with Crippen LogP contribution in [0.5, 0.6) is 5.75 Å². The number of aromatic amines is 1. The van der Waals surface area contributed by atoms with E-state index in [2.05, 4.69) is 14.7 Å². The predicted octanol–water partition coefficient (Wildman–Crippen LogP) is 2.09. The fourth-order valence-electron chi connectivity index (χ4n) is 1.74. The van der Waals surface area contributed by atoms with E-state index in [1.807, 2.05) is 19.9 Å². The Balaban J connectivity index is 2.33. The molecule has 6 nitrogen and oxygen atoms in total. The number of rotatable bonds is 5. The van der Waals surface area contributed by atoms with Crippen molar-refractivity contribution in [1.29, 1.82) is 0 Å². The summed E-state index contributed by atoms with van der Waals surface area (Å²) < 4.78 is 32.2. The highest BCUT2D eigenvalue weighted by atomic mass is 32.2. The van der Waals surface area contributed by atoms with Crippen LogP contribution in [0.4, 0.5) is 5.69 Å². The van der Waals surface area contributed by atoms with Crippen LogP contribution in [0.3, 0.4) is 0 Å². The number of benzene rings is 1. The molecule has 1 heterocycles. The summed E-state index contributed by atoms with van der Waals surface area (Å²) in [7, 11) is -2.20. The van der Waals surface area contributed by atoms with Gasteiger partial charge in [0.2, 0.25) is 0 Å². The molecule has 20 heavy (non-hydrogen) atoms. The van der Waals surface area contributed by atoms with Crippen molar-refractivity contribution in [3.63, 3.8) is 0 Å². The first-order chi connectivity index (χ1) is 9.46. The molecule has 0 saturated heterocycles. The van der Waals surface area contributed by atoms with Crippen molar-refractivity contribution in [3.8, 4) is 5.75 Å². The van der Waals surface area contributed by atoms with Crippen LogP contribution in [-0.4, -0.2) is 25.5 Å². The van der Waals surface area contributed by atoms with Gasteiger partial charge in [-0.15, -0.1) is 0 Å². The highest BCUT2D eigenvalue weighted by molar-refractivity contribution is 7.92. The fraction of sp³-hybridized carbons (Fsp3) is 0.308. The molecule has 0 aliphatic carbocycles. The van der Waals surface area contributed by atoms with Gasteiger partial charge in [-0.2, -0.15) is 8.42 Å². The standard InChI is InChI=1S/C13H17N3O3S/c1-4-12-14-8-13(15-12)20(17,18)16-10-6-5-9(2)7-11(10)19-3/h5-8,16H,4H2,1-3H3,(H,14,15). The van der Waals surface area contributed by atoms with E-state index in [1.54, 1.807) is 12.1 Å². The molecular weight excluding hydrogens is 278 g/mol. The number of sulfonamides is 1. The summed E-state index contributed by atoms with van der Waals surface area (Å²) in [5.41, 5.74) is 1.38. The minimum Gasteiger partial charge on any atom is -0.495 e. The highest BCUT2D eigenvalue weighted by Crippen LogP contribution is 2.27. The van der Waals surface area contributed by atoms with Gasteiger partial charge in [0, 0.05) is 6.42 Å². The number of H-pyrrole nitrogens is 1. The Hall–Kier alpha value is -2.02. The minimum atomic E-state index is -3.70. The molecule has 0 bridgehead atoms. The molecule has 0 radical (unpaired) electrons. The second-order valence-corrected chi connectivity index (χ2v) is 6.01. The molecule has 2 rings (SSSR count). The summed E-state index contributed by atoms with van der Waals surface area (Å²) in [6.07, 6.45) is 1.95. The van der Waals surface area contributed by atoms with Crippen molar-refractivity contribution in [3.05, 3.63) is 35.8 Å². The maximum atomic E-state index is 12.2. The van der Waals surface area contributed by atoms with Gasteiger partial charge >= 0.3 is 0 Å². The van der Waals surface area contributed by atoms with E-state index in [4.69, 9.17) is 4.74 Å². The number of aromatic nitrogens is 2. The second kappa shape index (κ2) is 5.54. The number of imidazole rings is 1. The van der Waals surface area contributed by atoms with Crippen molar-refractivity contribution in [2.45, 2.75) is 25.3 Å². The molecule has 0 aliphatic heterocycles. The van der Waals surface area contributed by atoms with E-state index in [9.17, 15) is 8.42 Å². The Morgan fingerprint density at radius 1 is 1.40 bits per heavy atom. The van der Waals surface area contributed by atoms with Crippen LogP contribution in [0, 0.1) is 6.92 Å². The number of hydrogen-bond donors (Lipinski definition) is 2. The lowest BCUT2D eigenvalue weighted by atomic mass is 10.2. The van der Waals surface area contributed by atoms with Gasteiger partial charge in [-0.3, -0.25) is 4.72 Å². The Kier molecular flexibility index (Phi) is 3.99. The van der Waals surface area contributed by atoms with Gasteiger partial charge in [0.1, 0.15) is 11.6 Å². The summed E-state index contributed by atoms with van der Waals surface area (Å²) in [6.45, 7) is 3.80. The third kappa shape index (κ3) is 2.93. The first kappa shape index (κ1) is 14.4. The number of ether oxygens (including phenoxy) is 1. The zero-order valence-electron chi connectivity index (χ0n) is 11.6. The van der Waals surface area contributed by atoms with Crippen LogP contribution in [0.1, 0.15) is 18.3 Å². The van der Waals surface area contributed by atoms with Gasteiger partial charge in [-0.05, 0) is 24.6 Å². The highest BCUT2D eigenvalue weighted by Gasteiger charge is 2.19. The van der Waals surface area contributed by atoms with Crippen LogP contribution < -0.4 is 9.46 Å². The number of methoxy groups -OCH3 is 1. The molecule has 0 aliphatic rings. The Morgan fingerprint density at radius 2 is 2.15 bits per heavy atom. The average molecular weight is 295 g/mol. The Morgan fingerprint density at radius 3 is 2.75 bits per heavy atom. The molecule has 0 unspecified atom stereocenters. The van der Waals surface area contributed by atoms with E-state index in [0.717, 1.165) is 5.56 Å². The molecule has 7 heteroatoms. The molecule has 0 amide bonds. The van der Waals surface area contributed by atoms with Gasteiger partial charge in [0.25, 0.3) is 10.0 Å². The van der Waals surface area contributed by atoms with Crippen molar-refractivity contribution in [2.24, 2.45) is 0 Å². The molecule has 2 aromatic rings. The summed E-state index contributed by atoms with van der Waals surface area (Å²) in [6, 6.07) is 5.25. The summed E-state index contributed by atoms with van der Waals surface area (Å²) in [4.78, 5) is 6.76.